The number of anilines is 1. The maximum Gasteiger partial charge on any atom is 0.191 e. The fraction of sp³-hybridized carbons (Fsp3) is 0.381. The average Bonchev–Trinajstić information content (AvgIpc) is 3.20. The number of piperazine rings is 1. The van der Waals surface area contributed by atoms with Crippen LogP contribution >= 0.6 is 24.0 Å². The van der Waals surface area contributed by atoms with Gasteiger partial charge in [0.1, 0.15) is 5.82 Å². The van der Waals surface area contributed by atoms with E-state index in [1.807, 2.05) is 40.9 Å². The molecule has 0 unspecified atom stereocenters. The van der Waals surface area contributed by atoms with Gasteiger partial charge in [-0.3, -0.25) is 14.3 Å². The summed E-state index contributed by atoms with van der Waals surface area (Å²) in [5.41, 5.74) is 1.91. The Labute approximate surface area is 198 Å². The second kappa shape index (κ2) is 11.2. The number of pyridine rings is 1. The molecule has 0 saturated carbocycles. The molecular weight excluding hydrogens is 510 g/mol. The highest BCUT2D eigenvalue weighted by molar-refractivity contribution is 14.0. The molecule has 1 saturated heterocycles. The smallest absolute Gasteiger partial charge is 0.191 e. The fourth-order valence-corrected chi connectivity index (χ4v) is 3.61. The minimum absolute atomic E-state index is 0. The first-order valence-electron chi connectivity index (χ1n) is 10.2. The molecule has 2 aromatic heterocycles. The Balaban J connectivity index is 0.00000272. The topological polar surface area (TPSA) is 73.1 Å². The Hall–Kier alpha value is -2.47. The van der Waals surface area contributed by atoms with Crippen molar-refractivity contribution in [3.63, 3.8) is 0 Å². The van der Waals surface area contributed by atoms with E-state index in [1.165, 1.54) is 12.1 Å². The summed E-state index contributed by atoms with van der Waals surface area (Å²) in [4.78, 5) is 9.01. The van der Waals surface area contributed by atoms with E-state index in [9.17, 15) is 4.39 Å². The first-order chi connectivity index (χ1) is 14.7. The van der Waals surface area contributed by atoms with Gasteiger partial charge in [0.25, 0.3) is 0 Å². The molecule has 2 N–H and O–H groups in total. The second-order valence-electron chi connectivity index (χ2n) is 7.20. The van der Waals surface area contributed by atoms with Crippen molar-refractivity contribution in [1.29, 1.82) is 0 Å². The third-order valence-electron chi connectivity index (χ3n) is 5.31. The fourth-order valence-electron chi connectivity index (χ4n) is 3.61. The van der Waals surface area contributed by atoms with Crippen molar-refractivity contribution in [3.8, 4) is 0 Å². The van der Waals surface area contributed by atoms with Gasteiger partial charge in [0, 0.05) is 58.2 Å². The zero-order valence-electron chi connectivity index (χ0n) is 17.5. The molecule has 0 spiro atoms. The molecule has 8 nitrogen and oxygen atoms in total. The summed E-state index contributed by atoms with van der Waals surface area (Å²) in [6, 6.07) is 12.6. The van der Waals surface area contributed by atoms with Gasteiger partial charge in [-0.25, -0.2) is 4.39 Å². The number of nitrogens with one attached hydrogen (secondary N) is 2. The van der Waals surface area contributed by atoms with Gasteiger partial charge in [-0.15, -0.1) is 34.2 Å². The SMILES string of the molecule is CN=C(NCCN1CCN(c2ccc(F)cc2)CC1)NCc1nnc2ccccn12.I. The standard InChI is InChI=1S/C21H27FN8.HI/c1-23-21(25-16-20-27-26-19-4-2-3-10-30(19)20)24-9-11-28-12-14-29(15-13-28)18-7-5-17(22)6-8-18;/h2-8,10H,9,11-16H2,1H3,(H2,23,24,25);1H. The van der Waals surface area contributed by atoms with Crippen LogP contribution in [0.25, 0.3) is 5.65 Å². The molecule has 166 valence electrons. The highest BCUT2D eigenvalue weighted by Crippen LogP contribution is 2.16. The molecule has 1 aliphatic rings. The number of benzene rings is 1. The number of nitrogens with zero attached hydrogens (tertiary/aromatic N) is 6. The van der Waals surface area contributed by atoms with Crippen LogP contribution in [-0.2, 0) is 6.54 Å². The van der Waals surface area contributed by atoms with Crippen LogP contribution < -0.4 is 15.5 Å². The van der Waals surface area contributed by atoms with Gasteiger partial charge in [-0.05, 0) is 36.4 Å². The van der Waals surface area contributed by atoms with E-state index >= 15 is 0 Å². The Kier molecular flexibility index (Phi) is 8.41. The molecule has 0 amide bonds. The third-order valence-corrected chi connectivity index (χ3v) is 5.31. The number of fused-ring (bicyclic) bond motifs is 1. The molecule has 3 heterocycles. The van der Waals surface area contributed by atoms with Crippen LogP contribution in [0.1, 0.15) is 5.82 Å². The summed E-state index contributed by atoms with van der Waals surface area (Å²) in [6.45, 7) is 6.13. The molecule has 1 fully saturated rings. The van der Waals surface area contributed by atoms with Gasteiger partial charge in [0.2, 0.25) is 0 Å². The van der Waals surface area contributed by atoms with Crippen LogP contribution in [0.4, 0.5) is 10.1 Å². The molecule has 1 aliphatic heterocycles. The summed E-state index contributed by atoms with van der Waals surface area (Å²) >= 11 is 0. The molecule has 0 radical (unpaired) electrons. The normalized spacial score (nSPS) is 15.0. The monoisotopic (exact) mass is 538 g/mol. The van der Waals surface area contributed by atoms with Crippen molar-refractivity contribution < 1.29 is 4.39 Å². The largest absolute Gasteiger partial charge is 0.369 e. The maximum absolute atomic E-state index is 13.1. The molecule has 0 atom stereocenters. The van der Waals surface area contributed by atoms with Gasteiger partial charge >= 0.3 is 0 Å². The zero-order chi connectivity index (χ0) is 20.8. The van der Waals surface area contributed by atoms with Crippen LogP contribution in [0.5, 0.6) is 0 Å². The second-order valence-corrected chi connectivity index (χ2v) is 7.20. The predicted molar refractivity (Wildman–Crippen MR) is 132 cm³/mol. The Morgan fingerprint density at radius 1 is 1.03 bits per heavy atom. The van der Waals surface area contributed by atoms with Gasteiger partial charge in [0.05, 0.1) is 6.54 Å². The maximum atomic E-state index is 13.1. The van der Waals surface area contributed by atoms with Crippen LogP contribution in [0.2, 0.25) is 0 Å². The number of aliphatic imine (C=N–C) groups is 1. The number of halogens is 2. The summed E-state index contributed by atoms with van der Waals surface area (Å²) in [7, 11) is 1.76. The zero-order valence-corrected chi connectivity index (χ0v) is 19.9. The van der Waals surface area contributed by atoms with E-state index in [-0.39, 0.29) is 29.8 Å². The number of aromatic nitrogens is 3. The summed E-state index contributed by atoms with van der Waals surface area (Å²) in [6.07, 6.45) is 1.95. The number of hydrogen-bond donors (Lipinski definition) is 2. The average molecular weight is 538 g/mol. The quantitative estimate of drug-likeness (QED) is 0.284. The van der Waals surface area contributed by atoms with Crippen molar-refractivity contribution in [2.45, 2.75) is 6.54 Å². The molecule has 0 aliphatic carbocycles. The minimum atomic E-state index is -0.192. The van der Waals surface area contributed by atoms with Crippen molar-refractivity contribution in [2.75, 3.05) is 51.2 Å². The van der Waals surface area contributed by atoms with Crippen LogP contribution in [0.15, 0.2) is 53.7 Å². The van der Waals surface area contributed by atoms with Crippen LogP contribution in [0, 0.1) is 5.82 Å². The molecule has 0 bridgehead atoms. The van der Waals surface area contributed by atoms with Gasteiger partial charge in [-0.1, -0.05) is 6.07 Å². The number of hydrogen-bond acceptors (Lipinski definition) is 5. The molecule has 31 heavy (non-hydrogen) atoms. The van der Waals surface area contributed by atoms with Crippen molar-refractivity contribution in [1.82, 2.24) is 30.1 Å². The van der Waals surface area contributed by atoms with Crippen LogP contribution in [-0.4, -0.2) is 71.8 Å². The van der Waals surface area contributed by atoms with Crippen molar-refractivity contribution in [2.24, 2.45) is 4.99 Å². The van der Waals surface area contributed by atoms with Crippen molar-refractivity contribution in [3.05, 3.63) is 60.3 Å². The summed E-state index contributed by atoms with van der Waals surface area (Å²) < 4.78 is 15.1. The highest BCUT2D eigenvalue weighted by Gasteiger charge is 2.17. The Morgan fingerprint density at radius 3 is 2.55 bits per heavy atom. The summed E-state index contributed by atoms with van der Waals surface area (Å²) in [5.74, 6) is 1.39. The van der Waals surface area contributed by atoms with E-state index < -0.39 is 0 Å². The number of rotatable bonds is 6. The first kappa shape index (κ1) is 23.2. The Bertz CT molecular complexity index is 982. The molecule has 10 heteroatoms. The van der Waals surface area contributed by atoms with E-state index in [0.29, 0.717) is 6.54 Å². The molecule has 3 aromatic rings. The lowest BCUT2D eigenvalue weighted by molar-refractivity contribution is 0.261. The molecule has 4 rings (SSSR count). The van der Waals surface area contributed by atoms with Gasteiger partial charge in [-0.2, -0.15) is 0 Å². The van der Waals surface area contributed by atoms with E-state index in [1.54, 1.807) is 7.05 Å². The van der Waals surface area contributed by atoms with E-state index in [4.69, 9.17) is 0 Å². The third kappa shape index (κ3) is 6.03. The summed E-state index contributed by atoms with van der Waals surface area (Å²) in [5, 5.41) is 15.0. The van der Waals surface area contributed by atoms with E-state index in [2.05, 4.69) is 35.6 Å². The molecule has 1 aromatic carbocycles. The first-order valence-corrected chi connectivity index (χ1v) is 10.2. The number of guanidine groups is 1. The van der Waals surface area contributed by atoms with Gasteiger partial charge in [0.15, 0.2) is 17.4 Å². The lowest BCUT2D eigenvalue weighted by Crippen LogP contribution is -2.49. The van der Waals surface area contributed by atoms with Crippen molar-refractivity contribution >= 4 is 41.3 Å². The Morgan fingerprint density at radius 2 is 1.81 bits per heavy atom. The highest BCUT2D eigenvalue weighted by atomic mass is 127. The minimum Gasteiger partial charge on any atom is -0.369 e. The molecular formula is C21H28FIN8. The lowest BCUT2D eigenvalue weighted by atomic mass is 10.2. The van der Waals surface area contributed by atoms with E-state index in [0.717, 1.165) is 62.4 Å². The van der Waals surface area contributed by atoms with Gasteiger partial charge < -0.3 is 15.5 Å². The predicted octanol–water partition coefficient (Wildman–Crippen LogP) is 1.97. The van der Waals surface area contributed by atoms with Crippen LogP contribution in [0.3, 0.4) is 0 Å². The lowest BCUT2D eigenvalue weighted by Gasteiger charge is -2.36.